The molecule has 20 heavy (non-hydrogen) atoms. The van der Waals surface area contributed by atoms with Crippen molar-refractivity contribution in [2.45, 2.75) is 71.4 Å². The third-order valence-electron chi connectivity index (χ3n) is 4.37. The Morgan fingerprint density at radius 2 is 2.10 bits per heavy atom. The Morgan fingerprint density at radius 3 is 2.90 bits per heavy atom. The predicted molar refractivity (Wildman–Crippen MR) is 86.5 cm³/mol. The number of rotatable bonds is 5. The van der Waals surface area contributed by atoms with Gasteiger partial charge in [-0.3, -0.25) is 0 Å². The van der Waals surface area contributed by atoms with Gasteiger partial charge in [0, 0.05) is 17.8 Å². The van der Waals surface area contributed by atoms with Crippen LogP contribution in [0.4, 0.5) is 5.69 Å². The summed E-state index contributed by atoms with van der Waals surface area (Å²) >= 11 is 0. The maximum Gasteiger partial charge on any atom is 0.121 e. The molecule has 0 heterocycles. The molecule has 0 saturated heterocycles. The average molecular weight is 275 g/mol. The molecule has 2 nitrogen and oxygen atoms in total. The van der Waals surface area contributed by atoms with Crippen LogP contribution >= 0.6 is 0 Å². The standard InChI is InChI=1S/C18H29NO/c1-4-15(3)20-18-10-6-9-17(13-18)19-16-8-5-7-14(2)11-12-16/h6,9-10,13-16,19H,4-5,7-8,11-12H2,1-3H3. The molecule has 112 valence electrons. The van der Waals surface area contributed by atoms with Crippen molar-refractivity contribution in [1.29, 1.82) is 0 Å². The fourth-order valence-electron chi connectivity index (χ4n) is 2.84. The molecule has 1 saturated carbocycles. The SMILES string of the molecule is CCC(C)Oc1cccc(NC2CCCC(C)CC2)c1. The van der Waals surface area contributed by atoms with E-state index in [2.05, 4.69) is 44.3 Å². The quantitative estimate of drug-likeness (QED) is 0.741. The molecule has 1 aliphatic rings. The van der Waals surface area contributed by atoms with Gasteiger partial charge in [0.2, 0.25) is 0 Å². The Morgan fingerprint density at radius 1 is 1.25 bits per heavy atom. The summed E-state index contributed by atoms with van der Waals surface area (Å²) in [5.41, 5.74) is 1.20. The number of ether oxygens (including phenoxy) is 1. The maximum absolute atomic E-state index is 5.90. The highest BCUT2D eigenvalue weighted by atomic mass is 16.5. The summed E-state index contributed by atoms with van der Waals surface area (Å²) in [6, 6.07) is 9.04. The van der Waals surface area contributed by atoms with Crippen molar-refractivity contribution in [1.82, 2.24) is 0 Å². The van der Waals surface area contributed by atoms with E-state index < -0.39 is 0 Å². The molecule has 1 aliphatic carbocycles. The van der Waals surface area contributed by atoms with Crippen LogP contribution in [-0.2, 0) is 0 Å². The number of anilines is 1. The van der Waals surface area contributed by atoms with E-state index in [1.54, 1.807) is 0 Å². The van der Waals surface area contributed by atoms with Crippen molar-refractivity contribution in [2.24, 2.45) is 5.92 Å². The van der Waals surface area contributed by atoms with Crippen LogP contribution in [0.1, 0.15) is 59.3 Å². The summed E-state index contributed by atoms with van der Waals surface area (Å²) in [6.07, 6.45) is 7.98. The molecule has 0 aromatic heterocycles. The highest BCUT2D eigenvalue weighted by Crippen LogP contribution is 2.26. The van der Waals surface area contributed by atoms with Crippen LogP contribution < -0.4 is 10.1 Å². The largest absolute Gasteiger partial charge is 0.491 e. The van der Waals surface area contributed by atoms with Crippen LogP contribution in [0.3, 0.4) is 0 Å². The molecule has 0 radical (unpaired) electrons. The van der Waals surface area contributed by atoms with Gasteiger partial charge in [-0.05, 0) is 50.7 Å². The van der Waals surface area contributed by atoms with Gasteiger partial charge in [0.25, 0.3) is 0 Å². The number of hydrogen-bond donors (Lipinski definition) is 1. The van der Waals surface area contributed by atoms with Gasteiger partial charge in [0.15, 0.2) is 0 Å². The monoisotopic (exact) mass is 275 g/mol. The Balaban J connectivity index is 1.93. The highest BCUT2D eigenvalue weighted by molar-refractivity contribution is 5.48. The van der Waals surface area contributed by atoms with E-state index in [0.717, 1.165) is 18.1 Å². The van der Waals surface area contributed by atoms with Gasteiger partial charge in [-0.25, -0.2) is 0 Å². The first-order valence-corrected chi connectivity index (χ1v) is 8.20. The minimum absolute atomic E-state index is 0.281. The molecule has 0 amide bonds. The number of benzene rings is 1. The summed E-state index contributed by atoms with van der Waals surface area (Å²) in [5, 5.41) is 3.69. The zero-order valence-electron chi connectivity index (χ0n) is 13.2. The molecule has 0 spiro atoms. The Hall–Kier alpha value is -1.18. The van der Waals surface area contributed by atoms with Crippen LogP contribution in [0.2, 0.25) is 0 Å². The lowest BCUT2D eigenvalue weighted by molar-refractivity contribution is 0.217. The molecule has 1 aromatic carbocycles. The molecule has 1 aromatic rings. The Bertz CT molecular complexity index is 404. The van der Waals surface area contributed by atoms with Crippen molar-refractivity contribution in [3.63, 3.8) is 0 Å². The first kappa shape index (κ1) is 15.2. The Kier molecular flexibility index (Phi) is 5.75. The first-order chi connectivity index (χ1) is 9.67. The van der Waals surface area contributed by atoms with Crippen LogP contribution in [-0.4, -0.2) is 12.1 Å². The number of hydrogen-bond acceptors (Lipinski definition) is 2. The zero-order chi connectivity index (χ0) is 14.4. The summed E-state index contributed by atoms with van der Waals surface area (Å²) in [4.78, 5) is 0. The van der Waals surface area contributed by atoms with Crippen molar-refractivity contribution in [2.75, 3.05) is 5.32 Å². The smallest absolute Gasteiger partial charge is 0.121 e. The van der Waals surface area contributed by atoms with E-state index in [1.807, 2.05) is 6.07 Å². The molecule has 2 rings (SSSR count). The fourth-order valence-corrected chi connectivity index (χ4v) is 2.84. The predicted octanol–water partition coefficient (Wildman–Crippen LogP) is 5.24. The van der Waals surface area contributed by atoms with Crippen molar-refractivity contribution < 1.29 is 4.74 Å². The molecular weight excluding hydrogens is 246 g/mol. The lowest BCUT2D eigenvalue weighted by atomic mass is 10.0. The second-order valence-corrected chi connectivity index (χ2v) is 6.32. The Labute approximate surface area is 123 Å². The van der Waals surface area contributed by atoms with E-state index in [4.69, 9.17) is 4.74 Å². The van der Waals surface area contributed by atoms with Gasteiger partial charge < -0.3 is 10.1 Å². The molecule has 3 unspecified atom stereocenters. The van der Waals surface area contributed by atoms with Gasteiger partial charge in [-0.15, -0.1) is 0 Å². The van der Waals surface area contributed by atoms with Gasteiger partial charge in [0.05, 0.1) is 6.10 Å². The third-order valence-corrected chi connectivity index (χ3v) is 4.37. The van der Waals surface area contributed by atoms with E-state index in [0.29, 0.717) is 6.04 Å². The molecule has 1 fully saturated rings. The lowest BCUT2D eigenvalue weighted by Crippen LogP contribution is -2.18. The third kappa shape index (κ3) is 4.73. The van der Waals surface area contributed by atoms with Gasteiger partial charge in [0.1, 0.15) is 5.75 Å². The summed E-state index contributed by atoms with van der Waals surface area (Å²) in [7, 11) is 0. The van der Waals surface area contributed by atoms with Crippen LogP contribution in [0.15, 0.2) is 24.3 Å². The molecule has 2 heteroatoms. The fraction of sp³-hybridized carbons (Fsp3) is 0.667. The normalized spacial score (nSPS) is 24.8. The average Bonchev–Trinajstić information content (AvgIpc) is 2.64. The summed E-state index contributed by atoms with van der Waals surface area (Å²) in [6.45, 7) is 6.65. The van der Waals surface area contributed by atoms with Crippen molar-refractivity contribution in [3.8, 4) is 5.75 Å². The molecule has 0 aliphatic heterocycles. The summed E-state index contributed by atoms with van der Waals surface area (Å²) < 4.78 is 5.90. The highest BCUT2D eigenvalue weighted by Gasteiger charge is 2.16. The first-order valence-electron chi connectivity index (χ1n) is 8.20. The van der Waals surface area contributed by atoms with Crippen LogP contribution in [0.25, 0.3) is 0 Å². The second kappa shape index (κ2) is 7.56. The minimum atomic E-state index is 0.281. The number of nitrogens with one attached hydrogen (secondary N) is 1. The van der Waals surface area contributed by atoms with E-state index in [-0.39, 0.29) is 6.10 Å². The van der Waals surface area contributed by atoms with Crippen molar-refractivity contribution >= 4 is 5.69 Å². The zero-order valence-corrected chi connectivity index (χ0v) is 13.2. The van der Waals surface area contributed by atoms with E-state index in [1.165, 1.54) is 37.8 Å². The van der Waals surface area contributed by atoms with E-state index in [9.17, 15) is 0 Å². The van der Waals surface area contributed by atoms with Gasteiger partial charge >= 0.3 is 0 Å². The van der Waals surface area contributed by atoms with Crippen LogP contribution in [0.5, 0.6) is 5.75 Å². The van der Waals surface area contributed by atoms with E-state index >= 15 is 0 Å². The molecule has 3 atom stereocenters. The molecular formula is C18H29NO. The minimum Gasteiger partial charge on any atom is -0.491 e. The van der Waals surface area contributed by atoms with Gasteiger partial charge in [-0.2, -0.15) is 0 Å². The van der Waals surface area contributed by atoms with Crippen LogP contribution in [0, 0.1) is 5.92 Å². The second-order valence-electron chi connectivity index (χ2n) is 6.32. The molecule has 0 bridgehead atoms. The maximum atomic E-state index is 5.90. The van der Waals surface area contributed by atoms with Gasteiger partial charge in [-0.1, -0.05) is 32.8 Å². The topological polar surface area (TPSA) is 21.3 Å². The molecule has 1 N–H and O–H groups in total. The lowest BCUT2D eigenvalue weighted by Gasteiger charge is -2.19. The van der Waals surface area contributed by atoms with Crippen molar-refractivity contribution in [3.05, 3.63) is 24.3 Å². The summed E-state index contributed by atoms with van der Waals surface area (Å²) in [5.74, 6) is 1.87.